The molecular formula is C17H23NO3. The summed E-state index contributed by atoms with van der Waals surface area (Å²) in [6.45, 7) is 3.31. The van der Waals surface area contributed by atoms with Gasteiger partial charge in [-0.05, 0) is 42.4 Å². The molecule has 1 aromatic carbocycles. The van der Waals surface area contributed by atoms with Gasteiger partial charge in [-0.2, -0.15) is 0 Å². The van der Waals surface area contributed by atoms with Crippen molar-refractivity contribution in [3.05, 3.63) is 29.8 Å². The molecule has 0 spiro atoms. The monoisotopic (exact) mass is 289 g/mol. The molecule has 4 nitrogen and oxygen atoms in total. The number of aliphatic hydroxyl groups is 1. The molecule has 1 saturated carbocycles. The van der Waals surface area contributed by atoms with Gasteiger partial charge in [-0.1, -0.05) is 19.1 Å². The van der Waals surface area contributed by atoms with E-state index < -0.39 is 0 Å². The fourth-order valence-electron chi connectivity index (χ4n) is 3.19. The van der Waals surface area contributed by atoms with Crippen LogP contribution in [0.4, 0.5) is 0 Å². The largest absolute Gasteiger partial charge is 0.497 e. The maximum atomic E-state index is 12.5. The number of β-amino-alcohol motifs (C(OH)–C–C–N with tert-alkyl or cyclic N) is 1. The third-order valence-corrected chi connectivity index (χ3v) is 4.86. The van der Waals surface area contributed by atoms with Crippen molar-refractivity contribution >= 4 is 5.91 Å². The maximum absolute atomic E-state index is 12.5. The van der Waals surface area contributed by atoms with Crippen molar-refractivity contribution in [1.29, 1.82) is 0 Å². The minimum Gasteiger partial charge on any atom is -0.497 e. The molecule has 114 valence electrons. The van der Waals surface area contributed by atoms with Gasteiger partial charge in [0.2, 0.25) is 5.91 Å². The zero-order valence-corrected chi connectivity index (χ0v) is 12.7. The summed E-state index contributed by atoms with van der Waals surface area (Å²) >= 11 is 0. The zero-order valence-electron chi connectivity index (χ0n) is 12.7. The molecule has 4 atom stereocenters. The Labute approximate surface area is 125 Å². The van der Waals surface area contributed by atoms with E-state index in [-0.39, 0.29) is 17.9 Å². The normalized spacial score (nSPS) is 31.9. The Balaban J connectivity index is 1.63. The number of carbonyl (C=O) groups is 1. The van der Waals surface area contributed by atoms with E-state index in [1.54, 1.807) is 7.11 Å². The van der Waals surface area contributed by atoms with Gasteiger partial charge in [-0.25, -0.2) is 0 Å². The number of piperidine rings is 1. The number of likely N-dealkylation sites (tertiary alicyclic amines) is 1. The summed E-state index contributed by atoms with van der Waals surface area (Å²) in [5, 5.41) is 9.94. The van der Waals surface area contributed by atoms with E-state index in [9.17, 15) is 9.90 Å². The molecule has 1 saturated heterocycles. The molecule has 1 amide bonds. The van der Waals surface area contributed by atoms with Gasteiger partial charge in [0.15, 0.2) is 0 Å². The predicted molar refractivity (Wildman–Crippen MR) is 80.2 cm³/mol. The number of carbonyl (C=O) groups excluding carboxylic acids is 1. The minimum absolute atomic E-state index is 0.0812. The summed E-state index contributed by atoms with van der Waals surface area (Å²) in [6, 6.07) is 7.98. The molecule has 1 aliphatic heterocycles. The van der Waals surface area contributed by atoms with Crippen LogP contribution < -0.4 is 4.74 Å². The third-order valence-electron chi connectivity index (χ3n) is 4.86. The maximum Gasteiger partial charge on any atom is 0.226 e. The van der Waals surface area contributed by atoms with Crippen LogP contribution in [0.3, 0.4) is 0 Å². The lowest BCUT2D eigenvalue weighted by molar-refractivity contribution is -0.136. The van der Waals surface area contributed by atoms with Crippen LogP contribution in [0.25, 0.3) is 0 Å². The molecular weight excluding hydrogens is 266 g/mol. The first-order chi connectivity index (χ1) is 10.1. The van der Waals surface area contributed by atoms with Crippen molar-refractivity contribution in [2.24, 2.45) is 11.8 Å². The Bertz CT molecular complexity index is 531. The summed E-state index contributed by atoms with van der Waals surface area (Å²) in [7, 11) is 1.66. The Morgan fingerprint density at radius 1 is 1.43 bits per heavy atom. The lowest BCUT2D eigenvalue weighted by Gasteiger charge is -2.34. The van der Waals surface area contributed by atoms with E-state index in [0.717, 1.165) is 25.1 Å². The summed E-state index contributed by atoms with van der Waals surface area (Å²) in [5.41, 5.74) is 1.18. The lowest BCUT2D eigenvalue weighted by atomic mass is 9.95. The van der Waals surface area contributed by atoms with E-state index in [1.807, 2.05) is 30.0 Å². The number of amides is 1. The average Bonchev–Trinajstić information content (AvgIpc) is 3.30. The first-order valence-corrected chi connectivity index (χ1v) is 7.71. The van der Waals surface area contributed by atoms with Crippen LogP contribution in [-0.2, 0) is 4.79 Å². The van der Waals surface area contributed by atoms with Gasteiger partial charge in [0.05, 0.1) is 13.2 Å². The quantitative estimate of drug-likeness (QED) is 0.926. The van der Waals surface area contributed by atoms with Gasteiger partial charge in [0.1, 0.15) is 5.75 Å². The fourth-order valence-corrected chi connectivity index (χ4v) is 3.19. The second kappa shape index (κ2) is 5.68. The van der Waals surface area contributed by atoms with Gasteiger partial charge in [-0.3, -0.25) is 4.79 Å². The summed E-state index contributed by atoms with van der Waals surface area (Å²) in [6.07, 6.45) is 1.43. The first kappa shape index (κ1) is 14.4. The number of methoxy groups -OCH3 is 1. The molecule has 4 heteroatoms. The number of nitrogens with zero attached hydrogens (tertiary/aromatic N) is 1. The van der Waals surface area contributed by atoms with Crippen molar-refractivity contribution in [3.8, 4) is 5.75 Å². The number of rotatable bonds is 3. The molecule has 1 heterocycles. The van der Waals surface area contributed by atoms with Crippen LogP contribution in [0.15, 0.2) is 24.3 Å². The van der Waals surface area contributed by atoms with Crippen molar-refractivity contribution in [3.63, 3.8) is 0 Å². The second-order valence-corrected chi connectivity index (χ2v) is 6.34. The van der Waals surface area contributed by atoms with Crippen LogP contribution in [0.1, 0.15) is 31.2 Å². The van der Waals surface area contributed by atoms with E-state index >= 15 is 0 Å². The van der Waals surface area contributed by atoms with Gasteiger partial charge in [0.25, 0.3) is 0 Å². The molecule has 2 aliphatic rings. The average molecular weight is 289 g/mol. The highest BCUT2D eigenvalue weighted by molar-refractivity contribution is 5.83. The van der Waals surface area contributed by atoms with Crippen LogP contribution in [0.5, 0.6) is 5.75 Å². The SMILES string of the molecule is COc1cccc(C2CC2C(=O)N2CCC(C)C(O)C2)c1. The molecule has 0 bridgehead atoms. The third kappa shape index (κ3) is 2.91. The number of hydrogen-bond acceptors (Lipinski definition) is 3. The molecule has 1 aliphatic carbocycles. The van der Waals surface area contributed by atoms with Gasteiger partial charge >= 0.3 is 0 Å². The Morgan fingerprint density at radius 3 is 2.95 bits per heavy atom. The van der Waals surface area contributed by atoms with Crippen LogP contribution in [-0.4, -0.2) is 42.2 Å². The van der Waals surface area contributed by atoms with Crippen LogP contribution in [0, 0.1) is 11.8 Å². The van der Waals surface area contributed by atoms with E-state index in [1.165, 1.54) is 5.56 Å². The highest BCUT2D eigenvalue weighted by Gasteiger charge is 2.46. The summed E-state index contributed by atoms with van der Waals surface area (Å²) in [4.78, 5) is 14.4. The molecule has 0 aromatic heterocycles. The van der Waals surface area contributed by atoms with Crippen molar-refractivity contribution < 1.29 is 14.6 Å². The highest BCUT2D eigenvalue weighted by Crippen LogP contribution is 2.49. The molecule has 21 heavy (non-hydrogen) atoms. The van der Waals surface area contributed by atoms with Crippen LogP contribution >= 0.6 is 0 Å². The second-order valence-electron chi connectivity index (χ2n) is 6.34. The number of ether oxygens (including phenoxy) is 1. The fraction of sp³-hybridized carbons (Fsp3) is 0.588. The summed E-state index contributed by atoms with van der Waals surface area (Å²) in [5.74, 6) is 1.73. The molecule has 2 fully saturated rings. The molecule has 1 aromatic rings. The van der Waals surface area contributed by atoms with Crippen molar-refractivity contribution in [2.75, 3.05) is 20.2 Å². The molecule has 1 N–H and O–H groups in total. The van der Waals surface area contributed by atoms with E-state index in [0.29, 0.717) is 18.4 Å². The number of benzene rings is 1. The molecule has 4 unspecified atom stereocenters. The lowest BCUT2D eigenvalue weighted by Crippen LogP contribution is -2.46. The minimum atomic E-state index is -0.378. The van der Waals surface area contributed by atoms with Gasteiger partial charge in [-0.15, -0.1) is 0 Å². The number of hydrogen-bond donors (Lipinski definition) is 1. The smallest absolute Gasteiger partial charge is 0.226 e. The van der Waals surface area contributed by atoms with Gasteiger partial charge in [0, 0.05) is 19.0 Å². The zero-order chi connectivity index (χ0) is 15.0. The summed E-state index contributed by atoms with van der Waals surface area (Å²) < 4.78 is 5.24. The molecule has 0 radical (unpaired) electrons. The Morgan fingerprint density at radius 2 is 2.24 bits per heavy atom. The van der Waals surface area contributed by atoms with Crippen molar-refractivity contribution in [2.45, 2.75) is 31.8 Å². The van der Waals surface area contributed by atoms with Crippen molar-refractivity contribution in [1.82, 2.24) is 4.90 Å². The molecule has 3 rings (SSSR count). The van der Waals surface area contributed by atoms with Crippen LogP contribution in [0.2, 0.25) is 0 Å². The standard InChI is InChI=1S/C17H23NO3/c1-11-6-7-18(10-16(11)19)17(20)15-9-14(15)12-4-3-5-13(8-12)21-2/h3-5,8,11,14-16,19H,6-7,9-10H2,1-2H3. The van der Waals surface area contributed by atoms with E-state index in [2.05, 4.69) is 6.07 Å². The number of aliphatic hydroxyl groups excluding tert-OH is 1. The Hall–Kier alpha value is -1.55. The highest BCUT2D eigenvalue weighted by atomic mass is 16.5. The predicted octanol–water partition coefficient (Wildman–Crippen LogP) is 2.03. The van der Waals surface area contributed by atoms with Gasteiger partial charge < -0.3 is 14.7 Å². The topological polar surface area (TPSA) is 49.8 Å². The van der Waals surface area contributed by atoms with E-state index in [4.69, 9.17) is 4.74 Å². The first-order valence-electron chi connectivity index (χ1n) is 7.71. The Kier molecular flexibility index (Phi) is 3.89.